The van der Waals surface area contributed by atoms with Crippen LogP contribution in [0.25, 0.3) is 5.57 Å². The van der Waals surface area contributed by atoms with Gasteiger partial charge < -0.3 is 4.90 Å². The Morgan fingerprint density at radius 3 is 1.69 bits per heavy atom. The van der Waals surface area contributed by atoms with Crippen LogP contribution in [0.5, 0.6) is 0 Å². The molecule has 5 rings (SSSR count). The number of hydrogen-bond acceptors (Lipinski definition) is 1. The van der Waals surface area contributed by atoms with Crippen LogP contribution in [-0.2, 0) is 4.87 Å². The van der Waals surface area contributed by atoms with Crippen LogP contribution in [0, 0.1) is 27.7 Å². The molecule has 0 heterocycles. The van der Waals surface area contributed by atoms with Crippen LogP contribution < -0.4 is 4.90 Å². The molecule has 0 saturated heterocycles. The fourth-order valence-electron chi connectivity index (χ4n) is 4.74. The minimum atomic E-state index is -0.478. The second-order valence-corrected chi connectivity index (χ2v) is 10.5. The second-order valence-electron chi connectivity index (χ2n) is 9.84. The normalized spacial score (nSPS) is 17.1. The van der Waals surface area contributed by atoms with Gasteiger partial charge in [0.15, 0.2) is 0 Å². The lowest BCUT2D eigenvalue weighted by Crippen LogP contribution is -2.16. The van der Waals surface area contributed by atoms with E-state index >= 15 is 0 Å². The van der Waals surface area contributed by atoms with Gasteiger partial charge in [0.2, 0.25) is 0 Å². The van der Waals surface area contributed by atoms with E-state index in [1.807, 2.05) is 18.2 Å². The standard InChI is InChI=1S/C34H32ClN/c1-24-10-14-32(22-26(24)3)36(33-15-11-25(2)27(4)23-33)31-16-12-28(13-17-31)29-18-20-34(35,21-19-29)30-8-6-5-7-9-30/h5-20,22-23H,21H2,1-4H3. The van der Waals surface area contributed by atoms with Crippen molar-refractivity contribution in [2.24, 2.45) is 0 Å². The van der Waals surface area contributed by atoms with Crippen LogP contribution in [0.2, 0.25) is 0 Å². The van der Waals surface area contributed by atoms with Gasteiger partial charge in [0.05, 0.1) is 4.87 Å². The third kappa shape index (κ3) is 4.76. The first kappa shape index (κ1) is 24.2. The Labute approximate surface area is 220 Å². The molecule has 1 unspecified atom stereocenters. The molecule has 1 atom stereocenters. The van der Waals surface area contributed by atoms with E-state index in [0.717, 1.165) is 17.7 Å². The van der Waals surface area contributed by atoms with Crippen LogP contribution >= 0.6 is 11.6 Å². The molecule has 36 heavy (non-hydrogen) atoms. The number of alkyl halides is 1. The summed E-state index contributed by atoms with van der Waals surface area (Å²) in [5.41, 5.74) is 12.2. The lowest BCUT2D eigenvalue weighted by molar-refractivity contribution is 0.766. The Hall–Kier alpha value is -3.55. The van der Waals surface area contributed by atoms with Gasteiger partial charge in [-0.25, -0.2) is 0 Å². The summed E-state index contributed by atoms with van der Waals surface area (Å²) >= 11 is 6.97. The number of allylic oxidation sites excluding steroid dienone is 4. The van der Waals surface area contributed by atoms with Crippen molar-refractivity contribution in [3.8, 4) is 0 Å². The Kier molecular flexibility index (Phi) is 6.60. The number of nitrogens with zero attached hydrogens (tertiary/aromatic N) is 1. The molecule has 180 valence electrons. The monoisotopic (exact) mass is 489 g/mol. The summed E-state index contributed by atoms with van der Waals surface area (Å²) in [4.78, 5) is 1.86. The zero-order valence-corrected chi connectivity index (χ0v) is 22.2. The van der Waals surface area contributed by atoms with Crippen LogP contribution in [-0.4, -0.2) is 0 Å². The van der Waals surface area contributed by atoms with Crippen molar-refractivity contribution >= 4 is 34.2 Å². The summed E-state index contributed by atoms with van der Waals surface area (Å²) in [6.07, 6.45) is 7.30. The van der Waals surface area contributed by atoms with Gasteiger partial charge in [-0.2, -0.15) is 0 Å². The second kappa shape index (κ2) is 9.84. The molecule has 1 nitrogen and oxygen atoms in total. The fourth-order valence-corrected chi connectivity index (χ4v) is 5.01. The zero-order valence-electron chi connectivity index (χ0n) is 21.4. The Morgan fingerprint density at radius 2 is 1.19 bits per heavy atom. The van der Waals surface area contributed by atoms with E-state index in [-0.39, 0.29) is 0 Å². The van der Waals surface area contributed by atoms with Gasteiger partial charge in [0.1, 0.15) is 0 Å². The third-order valence-electron chi connectivity index (χ3n) is 7.36. The van der Waals surface area contributed by atoms with Crippen molar-refractivity contribution in [2.45, 2.75) is 39.0 Å². The predicted molar refractivity (Wildman–Crippen MR) is 156 cm³/mol. The van der Waals surface area contributed by atoms with Gasteiger partial charge >= 0.3 is 0 Å². The van der Waals surface area contributed by atoms with E-state index in [1.54, 1.807) is 0 Å². The van der Waals surface area contributed by atoms with E-state index in [2.05, 4.69) is 124 Å². The minimum absolute atomic E-state index is 0.478. The van der Waals surface area contributed by atoms with Crippen molar-refractivity contribution < 1.29 is 0 Å². The molecule has 0 radical (unpaired) electrons. The maximum atomic E-state index is 6.97. The molecule has 0 fully saturated rings. The van der Waals surface area contributed by atoms with Crippen molar-refractivity contribution in [1.82, 2.24) is 0 Å². The van der Waals surface area contributed by atoms with Crippen molar-refractivity contribution in [1.29, 1.82) is 0 Å². The number of aryl methyl sites for hydroxylation is 4. The van der Waals surface area contributed by atoms with Gasteiger partial charge in [0.25, 0.3) is 0 Å². The van der Waals surface area contributed by atoms with E-state index in [9.17, 15) is 0 Å². The summed E-state index contributed by atoms with van der Waals surface area (Å²) in [7, 11) is 0. The highest BCUT2D eigenvalue weighted by Crippen LogP contribution is 2.41. The molecule has 0 amide bonds. The molecule has 0 spiro atoms. The highest BCUT2D eigenvalue weighted by molar-refractivity contribution is 6.25. The van der Waals surface area contributed by atoms with Crippen LogP contribution in [0.1, 0.15) is 39.8 Å². The molecule has 4 aromatic rings. The molecule has 0 bridgehead atoms. The van der Waals surface area contributed by atoms with Crippen LogP contribution in [0.4, 0.5) is 17.1 Å². The molecule has 1 aliphatic rings. The minimum Gasteiger partial charge on any atom is -0.310 e. The molecular weight excluding hydrogens is 458 g/mol. The summed E-state index contributed by atoms with van der Waals surface area (Å²) in [6, 6.07) is 32.5. The Bertz CT molecular complexity index is 1400. The third-order valence-corrected chi connectivity index (χ3v) is 7.85. The van der Waals surface area contributed by atoms with Crippen molar-refractivity contribution in [2.75, 3.05) is 4.90 Å². The predicted octanol–water partition coefficient (Wildman–Crippen LogP) is 9.87. The SMILES string of the molecule is Cc1ccc(N(c2ccc(C3=CCC(Cl)(c4ccccc4)C=C3)cc2)c2ccc(C)c(C)c2)cc1C. The zero-order chi connectivity index (χ0) is 25.3. The van der Waals surface area contributed by atoms with Crippen LogP contribution in [0.3, 0.4) is 0 Å². The first-order valence-electron chi connectivity index (χ1n) is 12.5. The van der Waals surface area contributed by atoms with E-state index in [4.69, 9.17) is 11.6 Å². The molecular formula is C34H32ClN. The molecule has 0 aromatic heterocycles. The van der Waals surface area contributed by atoms with Gasteiger partial charge in [0, 0.05) is 17.1 Å². The van der Waals surface area contributed by atoms with Gasteiger partial charge in [-0.05, 0) is 109 Å². The quantitative estimate of drug-likeness (QED) is 0.252. The lowest BCUT2D eigenvalue weighted by Gasteiger charge is -2.28. The summed E-state index contributed by atoms with van der Waals surface area (Å²) in [5.74, 6) is 0. The Balaban J connectivity index is 1.47. The highest BCUT2D eigenvalue weighted by atomic mass is 35.5. The molecule has 4 aromatic carbocycles. The average Bonchev–Trinajstić information content (AvgIpc) is 2.90. The summed E-state index contributed by atoms with van der Waals surface area (Å²) < 4.78 is 0. The molecule has 0 N–H and O–H groups in total. The van der Waals surface area contributed by atoms with E-state index in [0.29, 0.717) is 0 Å². The van der Waals surface area contributed by atoms with Gasteiger partial charge in [-0.15, -0.1) is 11.6 Å². The maximum absolute atomic E-state index is 6.97. The van der Waals surface area contributed by atoms with Gasteiger partial charge in [-0.1, -0.05) is 72.8 Å². The molecule has 0 aliphatic heterocycles. The molecule has 0 saturated carbocycles. The smallest absolute Gasteiger partial charge is 0.0912 e. The van der Waals surface area contributed by atoms with Crippen molar-refractivity contribution in [3.05, 3.63) is 143 Å². The number of anilines is 3. The van der Waals surface area contributed by atoms with E-state index < -0.39 is 4.87 Å². The lowest BCUT2D eigenvalue weighted by atomic mass is 9.87. The molecule has 1 aliphatic carbocycles. The Morgan fingerprint density at radius 1 is 0.639 bits per heavy atom. The number of hydrogen-bond donors (Lipinski definition) is 0. The van der Waals surface area contributed by atoms with Gasteiger partial charge in [-0.3, -0.25) is 0 Å². The highest BCUT2D eigenvalue weighted by Gasteiger charge is 2.27. The topological polar surface area (TPSA) is 3.24 Å². The maximum Gasteiger partial charge on any atom is 0.0912 e. The summed E-state index contributed by atoms with van der Waals surface area (Å²) in [5, 5.41) is 0. The van der Waals surface area contributed by atoms with Crippen LogP contribution in [0.15, 0.2) is 109 Å². The summed E-state index contributed by atoms with van der Waals surface area (Å²) in [6.45, 7) is 8.67. The van der Waals surface area contributed by atoms with E-state index in [1.165, 1.54) is 44.8 Å². The number of halogens is 1. The fraction of sp³-hybridized carbons (Fsp3) is 0.176. The average molecular weight is 490 g/mol. The largest absolute Gasteiger partial charge is 0.310 e. The molecule has 2 heteroatoms. The first-order valence-corrected chi connectivity index (χ1v) is 12.9. The first-order chi connectivity index (χ1) is 17.3. The van der Waals surface area contributed by atoms with Crippen molar-refractivity contribution in [3.63, 3.8) is 0 Å². The number of rotatable bonds is 5. The number of benzene rings is 4.